The number of methoxy groups -OCH3 is 1. The van der Waals surface area contributed by atoms with Gasteiger partial charge in [-0.25, -0.2) is 4.98 Å². The van der Waals surface area contributed by atoms with Crippen LogP contribution in [0.15, 0.2) is 37.8 Å². The van der Waals surface area contributed by atoms with E-state index in [2.05, 4.69) is 42.2 Å². The second-order valence-corrected chi connectivity index (χ2v) is 5.68. The fourth-order valence-corrected chi connectivity index (χ4v) is 2.82. The Bertz CT molecular complexity index is 543. The lowest BCUT2D eigenvalue weighted by Gasteiger charge is -2.02. The van der Waals surface area contributed by atoms with Gasteiger partial charge in [0.15, 0.2) is 5.76 Å². The molecule has 1 aromatic heterocycles. The Balaban J connectivity index is 2.04. The van der Waals surface area contributed by atoms with Crippen molar-refractivity contribution in [2.24, 2.45) is 0 Å². The molecule has 0 saturated heterocycles. The normalized spacial score (nSPS) is 10.9. The zero-order valence-corrected chi connectivity index (χ0v) is 13.6. The topological polar surface area (TPSA) is 47.3 Å². The summed E-state index contributed by atoms with van der Waals surface area (Å²) in [5.74, 6) is 1.42. The lowest BCUT2D eigenvalue weighted by atomic mass is 10.2. The van der Waals surface area contributed by atoms with Gasteiger partial charge in [-0.2, -0.15) is 0 Å². The largest absolute Gasteiger partial charge is 0.439 e. The van der Waals surface area contributed by atoms with Gasteiger partial charge in [0.1, 0.15) is 0 Å². The molecule has 1 heterocycles. The maximum absolute atomic E-state index is 5.71. The van der Waals surface area contributed by atoms with Crippen molar-refractivity contribution in [2.75, 3.05) is 20.3 Å². The molecular formula is C13H14Br2N2O2. The zero-order valence-electron chi connectivity index (χ0n) is 10.5. The van der Waals surface area contributed by atoms with Crippen LogP contribution in [0.2, 0.25) is 0 Å². The van der Waals surface area contributed by atoms with Crippen molar-refractivity contribution < 1.29 is 9.15 Å². The van der Waals surface area contributed by atoms with Crippen LogP contribution in [-0.4, -0.2) is 25.2 Å². The van der Waals surface area contributed by atoms with Crippen molar-refractivity contribution >= 4 is 31.9 Å². The molecule has 102 valence electrons. The highest BCUT2D eigenvalue weighted by atomic mass is 79.9. The number of hydrogen-bond acceptors (Lipinski definition) is 4. The summed E-state index contributed by atoms with van der Waals surface area (Å²) in [6, 6.07) is 5.93. The van der Waals surface area contributed by atoms with Gasteiger partial charge in [0.2, 0.25) is 5.89 Å². The van der Waals surface area contributed by atoms with Gasteiger partial charge < -0.3 is 14.5 Å². The van der Waals surface area contributed by atoms with E-state index in [4.69, 9.17) is 9.15 Å². The predicted octanol–water partition coefficient (Wildman–Crippen LogP) is 3.60. The zero-order chi connectivity index (χ0) is 13.7. The molecule has 0 saturated carbocycles. The van der Waals surface area contributed by atoms with E-state index in [9.17, 15) is 0 Å². The third kappa shape index (κ3) is 4.14. The highest BCUT2D eigenvalue weighted by Gasteiger charge is 2.09. The van der Waals surface area contributed by atoms with Gasteiger partial charge in [0.05, 0.1) is 19.3 Å². The maximum Gasteiger partial charge on any atom is 0.208 e. The summed E-state index contributed by atoms with van der Waals surface area (Å²) >= 11 is 6.94. The molecule has 0 radical (unpaired) electrons. The molecule has 0 aliphatic rings. The number of ether oxygens (including phenoxy) is 1. The smallest absolute Gasteiger partial charge is 0.208 e. The number of benzene rings is 1. The number of nitrogens with one attached hydrogen (secondary N) is 1. The number of oxazole rings is 1. The van der Waals surface area contributed by atoms with E-state index in [-0.39, 0.29) is 0 Å². The number of nitrogens with zero attached hydrogens (tertiary/aromatic N) is 1. The SMILES string of the molecule is COCCNCc1ncc(-c2ccc(Br)cc2Br)o1. The minimum absolute atomic E-state index is 0.595. The maximum atomic E-state index is 5.71. The van der Waals surface area contributed by atoms with Gasteiger partial charge in [0.25, 0.3) is 0 Å². The molecule has 2 aromatic rings. The van der Waals surface area contributed by atoms with Crippen LogP contribution in [-0.2, 0) is 11.3 Å². The second-order valence-electron chi connectivity index (χ2n) is 3.91. The Hall–Kier alpha value is -0.690. The van der Waals surface area contributed by atoms with Crippen molar-refractivity contribution in [1.29, 1.82) is 0 Å². The van der Waals surface area contributed by atoms with Crippen LogP contribution >= 0.6 is 31.9 Å². The Morgan fingerprint density at radius 3 is 2.95 bits per heavy atom. The monoisotopic (exact) mass is 388 g/mol. The van der Waals surface area contributed by atoms with E-state index >= 15 is 0 Å². The number of halogens is 2. The third-order valence-corrected chi connectivity index (χ3v) is 3.66. The van der Waals surface area contributed by atoms with Crippen LogP contribution in [0.25, 0.3) is 11.3 Å². The molecule has 0 spiro atoms. The van der Waals surface area contributed by atoms with Crippen molar-refractivity contribution in [1.82, 2.24) is 10.3 Å². The van der Waals surface area contributed by atoms with Crippen LogP contribution < -0.4 is 5.32 Å². The van der Waals surface area contributed by atoms with E-state index in [1.807, 2.05) is 18.2 Å². The van der Waals surface area contributed by atoms with Crippen LogP contribution in [0.4, 0.5) is 0 Å². The standard InChI is InChI=1S/C13H14Br2N2O2/c1-18-5-4-16-8-13-17-7-12(19-13)10-3-2-9(14)6-11(10)15/h2-3,6-7,16H,4-5,8H2,1H3. The molecule has 1 aromatic carbocycles. The van der Waals surface area contributed by atoms with Crippen molar-refractivity contribution in [3.8, 4) is 11.3 Å². The summed E-state index contributed by atoms with van der Waals surface area (Å²) in [5.41, 5.74) is 0.985. The van der Waals surface area contributed by atoms with Crippen molar-refractivity contribution in [3.63, 3.8) is 0 Å². The first-order chi connectivity index (χ1) is 9.20. The van der Waals surface area contributed by atoms with E-state index in [0.717, 1.165) is 26.8 Å². The summed E-state index contributed by atoms with van der Waals surface area (Å²) in [4.78, 5) is 4.25. The van der Waals surface area contributed by atoms with Gasteiger partial charge in [-0.15, -0.1) is 0 Å². The molecular weight excluding hydrogens is 376 g/mol. The van der Waals surface area contributed by atoms with Crippen LogP contribution in [0, 0.1) is 0 Å². The van der Waals surface area contributed by atoms with Gasteiger partial charge in [-0.05, 0) is 34.1 Å². The van der Waals surface area contributed by atoms with Crippen molar-refractivity contribution in [2.45, 2.75) is 6.54 Å². The molecule has 0 fully saturated rings. The summed E-state index contributed by atoms with van der Waals surface area (Å²) in [6.07, 6.45) is 1.74. The molecule has 0 atom stereocenters. The lowest BCUT2D eigenvalue weighted by Crippen LogP contribution is -2.18. The molecule has 0 bridgehead atoms. The molecule has 0 aliphatic carbocycles. The first kappa shape index (κ1) is 14.7. The van der Waals surface area contributed by atoms with E-state index < -0.39 is 0 Å². The Kier molecular flexibility index (Phi) is 5.57. The van der Waals surface area contributed by atoms with E-state index in [1.54, 1.807) is 13.3 Å². The number of hydrogen-bond donors (Lipinski definition) is 1. The molecule has 0 amide bonds. The molecule has 4 nitrogen and oxygen atoms in total. The number of rotatable bonds is 6. The Labute approximate surface area is 128 Å². The highest BCUT2D eigenvalue weighted by molar-refractivity contribution is 9.11. The molecule has 0 unspecified atom stereocenters. The summed E-state index contributed by atoms with van der Waals surface area (Å²) in [6.45, 7) is 2.04. The average Bonchev–Trinajstić information content (AvgIpc) is 2.83. The predicted molar refractivity (Wildman–Crippen MR) is 80.9 cm³/mol. The first-order valence-electron chi connectivity index (χ1n) is 5.80. The van der Waals surface area contributed by atoms with Crippen LogP contribution in [0.3, 0.4) is 0 Å². The Morgan fingerprint density at radius 2 is 2.21 bits per heavy atom. The molecule has 2 rings (SSSR count). The van der Waals surface area contributed by atoms with Gasteiger partial charge in [0, 0.05) is 28.2 Å². The third-order valence-electron chi connectivity index (χ3n) is 2.51. The van der Waals surface area contributed by atoms with E-state index in [1.165, 1.54) is 0 Å². The molecule has 6 heteroatoms. The summed E-state index contributed by atoms with van der Waals surface area (Å²) in [7, 11) is 1.68. The summed E-state index contributed by atoms with van der Waals surface area (Å²) < 4.78 is 12.7. The fourth-order valence-electron chi connectivity index (χ4n) is 1.58. The average molecular weight is 390 g/mol. The van der Waals surface area contributed by atoms with Crippen LogP contribution in [0.1, 0.15) is 5.89 Å². The van der Waals surface area contributed by atoms with Gasteiger partial charge >= 0.3 is 0 Å². The van der Waals surface area contributed by atoms with Crippen LogP contribution in [0.5, 0.6) is 0 Å². The molecule has 1 N–H and O–H groups in total. The molecule has 0 aliphatic heterocycles. The lowest BCUT2D eigenvalue weighted by molar-refractivity contribution is 0.198. The first-order valence-corrected chi connectivity index (χ1v) is 7.39. The quantitative estimate of drug-likeness (QED) is 0.766. The fraction of sp³-hybridized carbons (Fsp3) is 0.308. The Morgan fingerprint density at radius 1 is 1.37 bits per heavy atom. The summed E-state index contributed by atoms with van der Waals surface area (Å²) in [5, 5.41) is 3.19. The minimum atomic E-state index is 0.595. The number of aromatic nitrogens is 1. The highest BCUT2D eigenvalue weighted by Crippen LogP contribution is 2.31. The second kappa shape index (κ2) is 7.19. The minimum Gasteiger partial charge on any atom is -0.439 e. The van der Waals surface area contributed by atoms with Gasteiger partial charge in [-0.1, -0.05) is 15.9 Å². The van der Waals surface area contributed by atoms with Gasteiger partial charge in [-0.3, -0.25) is 0 Å². The molecule has 19 heavy (non-hydrogen) atoms. The van der Waals surface area contributed by atoms with E-state index in [0.29, 0.717) is 19.0 Å². The van der Waals surface area contributed by atoms with Crippen molar-refractivity contribution in [3.05, 3.63) is 39.2 Å².